The Labute approximate surface area is 112 Å². The number of esters is 1. The minimum atomic E-state index is -0.565. The van der Waals surface area contributed by atoms with Crippen molar-refractivity contribution < 1.29 is 14.3 Å². The van der Waals surface area contributed by atoms with Gasteiger partial charge < -0.3 is 9.94 Å². The van der Waals surface area contributed by atoms with Crippen LogP contribution in [0, 0.1) is 10.6 Å². The fourth-order valence-electron chi connectivity index (χ4n) is 1.67. The van der Waals surface area contributed by atoms with Crippen LogP contribution in [0.5, 0.6) is 0 Å². The molecule has 1 heterocycles. The van der Waals surface area contributed by atoms with Crippen molar-refractivity contribution in [1.82, 2.24) is 0 Å². The van der Waals surface area contributed by atoms with E-state index in [1.165, 1.54) is 6.20 Å². The molecule has 0 aliphatic rings. The Hall–Kier alpha value is -2.10. The Morgan fingerprint density at radius 3 is 2.53 bits per heavy atom. The van der Waals surface area contributed by atoms with Crippen molar-refractivity contribution in [2.24, 2.45) is 5.41 Å². The Morgan fingerprint density at radius 2 is 1.89 bits per heavy atom. The third kappa shape index (κ3) is 3.02. The smallest absolute Gasteiger partial charge is 0.311 e. The normalized spacial score (nSPS) is 11.5. The zero-order valence-corrected chi connectivity index (χ0v) is 11.3. The first-order valence-electron chi connectivity index (χ1n) is 6.16. The average molecular weight is 259 g/mol. The molecule has 1 aromatic heterocycles. The van der Waals surface area contributed by atoms with E-state index in [1.807, 2.05) is 24.3 Å². The van der Waals surface area contributed by atoms with E-state index in [0.717, 1.165) is 15.5 Å². The largest absolute Gasteiger partial charge is 0.618 e. The van der Waals surface area contributed by atoms with Crippen molar-refractivity contribution in [3.05, 3.63) is 47.4 Å². The number of carbonyl (C=O) groups is 1. The molecule has 0 aliphatic heterocycles. The van der Waals surface area contributed by atoms with Crippen LogP contribution in [-0.4, -0.2) is 5.97 Å². The quantitative estimate of drug-likeness (QED) is 0.473. The second-order valence-electron chi connectivity index (χ2n) is 5.55. The summed E-state index contributed by atoms with van der Waals surface area (Å²) in [5.74, 6) is -0.319. The lowest BCUT2D eigenvalue weighted by Gasteiger charge is -2.16. The first kappa shape index (κ1) is 13.3. The number of aromatic nitrogens is 1. The molecule has 0 aliphatic carbocycles. The maximum atomic E-state index is 11.8. The summed E-state index contributed by atoms with van der Waals surface area (Å²) in [4.78, 5) is 11.7. The molecule has 0 bridgehead atoms. The maximum absolute atomic E-state index is 11.8. The lowest BCUT2D eigenvalue weighted by molar-refractivity contribution is -0.614. The van der Waals surface area contributed by atoms with Crippen molar-refractivity contribution in [3.63, 3.8) is 0 Å². The highest BCUT2D eigenvalue weighted by Gasteiger charge is 2.24. The lowest BCUT2D eigenvalue weighted by atomic mass is 9.97. The maximum Gasteiger partial charge on any atom is 0.311 e. The van der Waals surface area contributed by atoms with E-state index in [4.69, 9.17) is 4.74 Å². The molecule has 19 heavy (non-hydrogen) atoms. The Kier molecular flexibility index (Phi) is 3.42. The second kappa shape index (κ2) is 4.88. The summed E-state index contributed by atoms with van der Waals surface area (Å²) in [6.07, 6.45) is 1.50. The number of nitrogens with zero attached hydrogens (tertiary/aromatic N) is 1. The first-order chi connectivity index (χ1) is 8.88. The number of benzene rings is 1. The van der Waals surface area contributed by atoms with Crippen LogP contribution in [0.2, 0.25) is 0 Å². The fourth-order valence-corrected chi connectivity index (χ4v) is 1.67. The molecular formula is C15H17NO3. The second-order valence-corrected chi connectivity index (χ2v) is 5.55. The Morgan fingerprint density at radius 1 is 1.26 bits per heavy atom. The molecule has 100 valence electrons. The summed E-state index contributed by atoms with van der Waals surface area (Å²) in [5, 5.41) is 13.6. The highest BCUT2D eigenvalue weighted by Crippen LogP contribution is 2.17. The molecule has 0 radical (unpaired) electrons. The van der Waals surface area contributed by atoms with Crippen molar-refractivity contribution in [2.75, 3.05) is 0 Å². The summed E-state index contributed by atoms with van der Waals surface area (Å²) in [7, 11) is 0. The van der Waals surface area contributed by atoms with Gasteiger partial charge in [0.05, 0.1) is 5.41 Å². The van der Waals surface area contributed by atoms with Crippen LogP contribution < -0.4 is 4.73 Å². The van der Waals surface area contributed by atoms with Gasteiger partial charge in [-0.05, 0) is 32.2 Å². The number of fused-ring (bicyclic) bond motifs is 1. The zero-order valence-electron chi connectivity index (χ0n) is 11.3. The van der Waals surface area contributed by atoms with Crippen molar-refractivity contribution >= 4 is 16.7 Å². The van der Waals surface area contributed by atoms with E-state index >= 15 is 0 Å². The third-order valence-corrected chi connectivity index (χ3v) is 2.82. The first-order valence-corrected chi connectivity index (χ1v) is 6.16. The van der Waals surface area contributed by atoms with Gasteiger partial charge in [0.15, 0.2) is 12.8 Å². The topological polar surface area (TPSA) is 53.2 Å². The van der Waals surface area contributed by atoms with E-state index in [2.05, 4.69) is 0 Å². The molecule has 2 aromatic rings. The summed E-state index contributed by atoms with van der Waals surface area (Å²) >= 11 is 0. The molecule has 0 amide bonds. The predicted octanol–water partition coefficient (Wildman–Crippen LogP) is 2.56. The van der Waals surface area contributed by atoms with Gasteiger partial charge >= 0.3 is 5.97 Å². The standard InChI is InChI=1S/C15H17NO3/c1-15(2,3)14(17)19-10-13-8-11-6-4-5-7-12(11)9-16(13)18/h4-9H,10H2,1-3H3. The molecule has 0 spiro atoms. The monoisotopic (exact) mass is 259 g/mol. The van der Waals surface area contributed by atoms with Crippen LogP contribution in [-0.2, 0) is 16.1 Å². The molecule has 1 aromatic carbocycles. The SMILES string of the molecule is CC(C)(C)C(=O)OCc1cc2ccccc2c[n+]1[O-]. The Balaban J connectivity index is 2.21. The van der Waals surface area contributed by atoms with Crippen molar-refractivity contribution in [2.45, 2.75) is 27.4 Å². The number of rotatable bonds is 2. The Bertz CT molecular complexity index is 614. The molecule has 0 N–H and O–H groups in total. The summed E-state index contributed by atoms with van der Waals surface area (Å²) in [6, 6.07) is 9.32. The van der Waals surface area contributed by atoms with Crippen molar-refractivity contribution in [3.8, 4) is 0 Å². The molecule has 0 saturated carbocycles. The number of ether oxygens (including phenoxy) is 1. The number of pyridine rings is 1. The molecule has 4 heteroatoms. The summed E-state index contributed by atoms with van der Waals surface area (Å²) in [5.41, 5.74) is -0.138. The van der Waals surface area contributed by atoms with Crippen LogP contribution in [0.3, 0.4) is 0 Å². The molecular weight excluding hydrogens is 242 g/mol. The van der Waals surface area contributed by atoms with E-state index in [9.17, 15) is 10.0 Å². The van der Waals surface area contributed by atoms with Crippen LogP contribution in [0.1, 0.15) is 26.5 Å². The van der Waals surface area contributed by atoms with Gasteiger partial charge in [-0.25, -0.2) is 0 Å². The lowest BCUT2D eigenvalue weighted by Crippen LogP contribution is -2.33. The highest BCUT2D eigenvalue weighted by atomic mass is 16.5. The van der Waals surface area contributed by atoms with E-state index in [1.54, 1.807) is 26.8 Å². The minimum absolute atomic E-state index is 0.00949. The van der Waals surface area contributed by atoms with Crippen LogP contribution in [0.25, 0.3) is 10.8 Å². The van der Waals surface area contributed by atoms with Crippen LogP contribution in [0.4, 0.5) is 0 Å². The van der Waals surface area contributed by atoms with Gasteiger partial charge in [0.25, 0.3) is 0 Å². The van der Waals surface area contributed by atoms with Gasteiger partial charge in [-0.3, -0.25) is 4.79 Å². The van der Waals surface area contributed by atoms with Crippen LogP contribution in [0.15, 0.2) is 36.5 Å². The molecule has 2 rings (SSSR count). The van der Waals surface area contributed by atoms with E-state index in [-0.39, 0.29) is 12.6 Å². The fraction of sp³-hybridized carbons (Fsp3) is 0.333. The molecule has 0 fully saturated rings. The predicted molar refractivity (Wildman–Crippen MR) is 72.2 cm³/mol. The van der Waals surface area contributed by atoms with Gasteiger partial charge in [-0.2, -0.15) is 4.73 Å². The molecule has 0 saturated heterocycles. The number of hydrogen-bond donors (Lipinski definition) is 0. The van der Waals surface area contributed by atoms with E-state index < -0.39 is 5.41 Å². The molecule has 4 nitrogen and oxygen atoms in total. The average Bonchev–Trinajstić information content (AvgIpc) is 2.34. The van der Waals surface area contributed by atoms with Gasteiger partial charge in [0.1, 0.15) is 0 Å². The van der Waals surface area contributed by atoms with Gasteiger partial charge in [-0.15, -0.1) is 0 Å². The third-order valence-electron chi connectivity index (χ3n) is 2.82. The summed E-state index contributed by atoms with van der Waals surface area (Å²) < 4.78 is 5.91. The molecule has 0 unspecified atom stereocenters. The van der Waals surface area contributed by atoms with Gasteiger partial charge in [0, 0.05) is 11.5 Å². The number of carbonyl (C=O) groups excluding carboxylic acids is 1. The minimum Gasteiger partial charge on any atom is -0.618 e. The zero-order chi connectivity index (χ0) is 14.0. The van der Waals surface area contributed by atoms with Crippen LogP contribution >= 0.6 is 0 Å². The van der Waals surface area contributed by atoms with Gasteiger partial charge in [0.2, 0.25) is 5.69 Å². The highest BCUT2D eigenvalue weighted by molar-refractivity contribution is 5.81. The molecule has 0 atom stereocenters. The van der Waals surface area contributed by atoms with E-state index in [0.29, 0.717) is 5.69 Å². The van der Waals surface area contributed by atoms with Gasteiger partial charge in [-0.1, -0.05) is 18.2 Å². The number of hydrogen-bond acceptors (Lipinski definition) is 3. The summed E-state index contributed by atoms with van der Waals surface area (Å²) in [6.45, 7) is 5.33. The van der Waals surface area contributed by atoms with Crippen molar-refractivity contribution in [1.29, 1.82) is 0 Å².